The van der Waals surface area contributed by atoms with Crippen LogP contribution in [0.4, 0.5) is 36.4 Å². The molecule has 2 N–H and O–H groups in total. The molecule has 168 valence electrons. The monoisotopic (exact) mass is 452 g/mol. The van der Waals surface area contributed by atoms with Gasteiger partial charge in [-0.25, -0.2) is 9.18 Å². The number of ether oxygens (including phenoxy) is 1. The number of benzene rings is 2. The van der Waals surface area contributed by atoms with Crippen molar-refractivity contribution in [2.75, 3.05) is 11.9 Å². The summed E-state index contributed by atoms with van der Waals surface area (Å²) in [7, 11) is 0. The van der Waals surface area contributed by atoms with E-state index in [1.54, 1.807) is 5.32 Å². The highest BCUT2D eigenvalue weighted by Gasteiger charge is 2.63. The highest BCUT2D eigenvalue weighted by molar-refractivity contribution is 5.99. The first-order chi connectivity index (χ1) is 14.3. The van der Waals surface area contributed by atoms with Crippen molar-refractivity contribution in [1.29, 1.82) is 0 Å². The lowest BCUT2D eigenvalue weighted by Gasteiger charge is -2.35. The van der Waals surface area contributed by atoms with Crippen LogP contribution >= 0.6 is 0 Å². The molecule has 12 heteroatoms. The second-order valence-corrected chi connectivity index (χ2v) is 6.11. The zero-order valence-electron chi connectivity index (χ0n) is 15.7. The zero-order valence-corrected chi connectivity index (χ0v) is 15.7. The van der Waals surface area contributed by atoms with E-state index < -0.39 is 59.1 Å². The van der Waals surface area contributed by atoms with Crippen LogP contribution in [0.2, 0.25) is 0 Å². The van der Waals surface area contributed by atoms with Gasteiger partial charge in [0.25, 0.3) is 5.91 Å². The summed E-state index contributed by atoms with van der Waals surface area (Å²) in [5.41, 5.74) is -6.94. The molecule has 2 aromatic carbocycles. The number of carbonyl (C=O) groups is 2. The van der Waals surface area contributed by atoms with Crippen LogP contribution < -0.4 is 10.6 Å². The summed E-state index contributed by atoms with van der Waals surface area (Å²) < 4.78 is 99.3. The molecule has 0 heterocycles. The molecule has 1 atom stereocenters. The molecular formula is C19H15F7N2O3. The van der Waals surface area contributed by atoms with Gasteiger partial charge in [-0.05, 0) is 37.3 Å². The predicted octanol–water partition coefficient (Wildman–Crippen LogP) is 4.51. The van der Waals surface area contributed by atoms with Gasteiger partial charge in [0.05, 0.1) is 17.7 Å². The largest absolute Gasteiger partial charge is 0.463 e. The van der Waals surface area contributed by atoms with Gasteiger partial charge >= 0.3 is 24.0 Å². The Labute approximate surface area is 171 Å². The van der Waals surface area contributed by atoms with Crippen LogP contribution in [0.3, 0.4) is 0 Å². The first-order valence-corrected chi connectivity index (χ1v) is 8.58. The van der Waals surface area contributed by atoms with Crippen LogP contribution in [0.15, 0.2) is 48.5 Å². The standard InChI is InChI=1S/C19H15F7N2O3/c1-2-31-16(30)17(19(24,25)26,28-15(29)13-8-3-4-9-14(13)20)27-12-7-5-6-11(10-12)18(21,22)23/h3-10,27H,2H2,1H3,(H,28,29). The molecule has 1 amide bonds. The van der Waals surface area contributed by atoms with Crippen LogP contribution in [-0.4, -0.2) is 30.3 Å². The predicted molar refractivity (Wildman–Crippen MR) is 94.4 cm³/mol. The zero-order chi connectivity index (χ0) is 23.4. The Morgan fingerprint density at radius 3 is 2.16 bits per heavy atom. The van der Waals surface area contributed by atoms with Crippen molar-refractivity contribution >= 4 is 17.6 Å². The summed E-state index contributed by atoms with van der Waals surface area (Å²) in [5, 5.41) is 2.94. The van der Waals surface area contributed by atoms with Crippen molar-refractivity contribution in [2.24, 2.45) is 0 Å². The molecule has 0 aliphatic heterocycles. The maximum atomic E-state index is 14.1. The minimum absolute atomic E-state index is 0.314. The third-order valence-electron chi connectivity index (χ3n) is 3.95. The van der Waals surface area contributed by atoms with E-state index in [0.29, 0.717) is 12.1 Å². The topological polar surface area (TPSA) is 67.4 Å². The summed E-state index contributed by atoms with van der Waals surface area (Å²) in [6.07, 6.45) is -10.5. The molecule has 0 aliphatic carbocycles. The average molecular weight is 452 g/mol. The Kier molecular flexibility index (Phi) is 6.82. The summed E-state index contributed by atoms with van der Waals surface area (Å²) in [4.78, 5) is 24.7. The molecule has 2 aromatic rings. The van der Waals surface area contributed by atoms with Gasteiger partial charge in [0.2, 0.25) is 0 Å². The third-order valence-corrected chi connectivity index (χ3v) is 3.95. The number of rotatable bonds is 6. The Morgan fingerprint density at radius 1 is 0.968 bits per heavy atom. The molecule has 0 aliphatic rings. The molecule has 0 aromatic heterocycles. The van der Waals surface area contributed by atoms with Crippen molar-refractivity contribution < 1.29 is 45.1 Å². The van der Waals surface area contributed by atoms with Crippen molar-refractivity contribution in [1.82, 2.24) is 5.32 Å². The molecule has 0 radical (unpaired) electrons. The second-order valence-electron chi connectivity index (χ2n) is 6.11. The molecule has 0 saturated heterocycles. The summed E-state index contributed by atoms with van der Waals surface area (Å²) in [6, 6.07) is 6.54. The minimum atomic E-state index is -5.60. The molecule has 0 spiro atoms. The molecular weight excluding hydrogens is 437 g/mol. The maximum Gasteiger partial charge on any atom is 0.441 e. The average Bonchev–Trinajstić information content (AvgIpc) is 2.66. The molecule has 0 bridgehead atoms. The van der Waals surface area contributed by atoms with E-state index in [-0.39, 0.29) is 0 Å². The fourth-order valence-corrected chi connectivity index (χ4v) is 2.50. The van der Waals surface area contributed by atoms with E-state index in [9.17, 15) is 40.3 Å². The smallest absolute Gasteiger partial charge is 0.441 e. The van der Waals surface area contributed by atoms with Crippen LogP contribution in [0.1, 0.15) is 22.8 Å². The van der Waals surface area contributed by atoms with Gasteiger partial charge in [-0.2, -0.15) is 26.3 Å². The van der Waals surface area contributed by atoms with Crippen LogP contribution in [0.5, 0.6) is 0 Å². The SMILES string of the molecule is CCOC(=O)C(NC(=O)c1ccccc1F)(Nc1cccc(C(F)(F)F)c1)C(F)(F)F. The van der Waals surface area contributed by atoms with Gasteiger partial charge in [-0.1, -0.05) is 18.2 Å². The van der Waals surface area contributed by atoms with Gasteiger partial charge in [-0.3, -0.25) is 4.79 Å². The van der Waals surface area contributed by atoms with Crippen molar-refractivity contribution in [3.63, 3.8) is 0 Å². The number of nitrogens with one attached hydrogen (secondary N) is 2. The number of amides is 1. The molecule has 0 saturated carbocycles. The lowest BCUT2D eigenvalue weighted by molar-refractivity contribution is -0.204. The molecule has 1 unspecified atom stereocenters. The number of alkyl halides is 6. The highest BCUT2D eigenvalue weighted by atomic mass is 19.4. The van der Waals surface area contributed by atoms with Crippen LogP contribution in [0, 0.1) is 5.82 Å². The van der Waals surface area contributed by atoms with Crippen LogP contribution in [-0.2, 0) is 15.7 Å². The molecule has 31 heavy (non-hydrogen) atoms. The Morgan fingerprint density at radius 2 is 1.61 bits per heavy atom. The van der Waals surface area contributed by atoms with Crippen molar-refractivity contribution in [3.8, 4) is 0 Å². The van der Waals surface area contributed by atoms with Gasteiger partial charge in [-0.15, -0.1) is 0 Å². The van der Waals surface area contributed by atoms with Gasteiger partial charge in [0.1, 0.15) is 5.82 Å². The van der Waals surface area contributed by atoms with Crippen LogP contribution in [0.25, 0.3) is 0 Å². The number of hydrogen-bond acceptors (Lipinski definition) is 4. The maximum absolute atomic E-state index is 14.1. The molecule has 5 nitrogen and oxygen atoms in total. The normalized spacial score (nSPS) is 13.8. The molecule has 0 fully saturated rings. The number of carbonyl (C=O) groups excluding carboxylic acids is 2. The quantitative estimate of drug-likeness (QED) is 0.385. The Hall–Kier alpha value is -3.31. The Bertz CT molecular complexity index is 960. The number of halogens is 7. The van der Waals surface area contributed by atoms with E-state index in [1.165, 1.54) is 18.3 Å². The van der Waals surface area contributed by atoms with E-state index in [4.69, 9.17) is 0 Å². The lowest BCUT2D eigenvalue weighted by Crippen LogP contribution is -2.69. The first-order valence-electron chi connectivity index (χ1n) is 8.58. The Balaban J connectivity index is 2.58. The van der Waals surface area contributed by atoms with Gasteiger partial charge in [0, 0.05) is 5.69 Å². The van der Waals surface area contributed by atoms with E-state index >= 15 is 0 Å². The summed E-state index contributed by atoms with van der Waals surface area (Å²) in [6.45, 7) is 0.637. The fraction of sp³-hybridized carbons (Fsp3) is 0.263. The first kappa shape index (κ1) is 24.0. The van der Waals surface area contributed by atoms with E-state index in [2.05, 4.69) is 4.74 Å². The summed E-state index contributed by atoms with van der Waals surface area (Å²) in [5.74, 6) is -4.88. The second kappa shape index (κ2) is 8.82. The van der Waals surface area contributed by atoms with Gasteiger partial charge in [0.15, 0.2) is 0 Å². The highest BCUT2D eigenvalue weighted by Crippen LogP contribution is 2.36. The van der Waals surface area contributed by atoms with Gasteiger partial charge < -0.3 is 15.4 Å². The minimum Gasteiger partial charge on any atom is -0.463 e. The van der Waals surface area contributed by atoms with Crippen molar-refractivity contribution in [3.05, 3.63) is 65.5 Å². The lowest BCUT2D eigenvalue weighted by atomic mass is 10.1. The number of esters is 1. The van der Waals surface area contributed by atoms with E-state index in [0.717, 1.165) is 30.3 Å². The fourth-order valence-electron chi connectivity index (χ4n) is 2.50. The van der Waals surface area contributed by atoms with Crippen molar-refractivity contribution in [2.45, 2.75) is 24.9 Å². The summed E-state index contributed by atoms with van der Waals surface area (Å²) >= 11 is 0. The van der Waals surface area contributed by atoms with E-state index in [1.807, 2.05) is 0 Å². The third kappa shape index (κ3) is 5.25. The number of anilines is 1. The number of hydrogen-bond donors (Lipinski definition) is 2. The molecule has 2 rings (SSSR count).